The molecule has 4 aromatic rings. The van der Waals surface area contributed by atoms with Crippen LogP contribution in [-0.4, -0.2) is 11.6 Å². The molecule has 3 nitrogen and oxygen atoms in total. The van der Waals surface area contributed by atoms with Crippen molar-refractivity contribution in [3.63, 3.8) is 0 Å². The van der Waals surface area contributed by atoms with Crippen molar-refractivity contribution in [2.24, 2.45) is 5.10 Å². The maximum absolute atomic E-state index is 7.13. The van der Waals surface area contributed by atoms with Crippen molar-refractivity contribution in [2.75, 3.05) is 5.01 Å². The van der Waals surface area contributed by atoms with Gasteiger partial charge in [-0.25, -0.2) is 5.01 Å². The monoisotopic (exact) mass is 482 g/mol. The van der Waals surface area contributed by atoms with E-state index in [9.17, 15) is 0 Å². The molecule has 0 radical (unpaired) electrons. The predicted molar refractivity (Wildman–Crippen MR) is 153 cm³/mol. The van der Waals surface area contributed by atoms with Gasteiger partial charge in [0.25, 0.3) is 0 Å². The standard InChI is InChI=1S/C34H30N2O/c1-3-29-31(25-17-9-5-10-18-25)32(26-19-11-6-12-20-26)30(4-2)34(29)36(28-23-15-8-16-24-28)35-33(37-34)27-21-13-7-14-22-27/h5-24H,3-4H2,1-2H3. The molecule has 1 spiro atoms. The summed E-state index contributed by atoms with van der Waals surface area (Å²) in [7, 11) is 0. The Labute approximate surface area is 219 Å². The molecule has 0 bridgehead atoms. The number of ether oxygens (including phenoxy) is 1. The Kier molecular flexibility index (Phi) is 5.97. The van der Waals surface area contributed by atoms with E-state index in [0.29, 0.717) is 5.90 Å². The van der Waals surface area contributed by atoms with Crippen LogP contribution in [0, 0.1) is 0 Å². The van der Waals surface area contributed by atoms with Gasteiger partial charge in [-0.1, -0.05) is 111 Å². The summed E-state index contributed by atoms with van der Waals surface area (Å²) < 4.78 is 7.13. The minimum absolute atomic E-state index is 0.642. The summed E-state index contributed by atoms with van der Waals surface area (Å²) in [5.74, 6) is 0.642. The number of hydrazone groups is 1. The van der Waals surface area contributed by atoms with Crippen molar-refractivity contribution in [3.05, 3.63) is 149 Å². The lowest BCUT2D eigenvalue weighted by Crippen LogP contribution is -2.47. The normalized spacial score (nSPS) is 16.4. The second kappa shape index (κ2) is 9.59. The quantitative estimate of drug-likeness (QED) is 0.276. The zero-order chi connectivity index (χ0) is 25.2. The van der Waals surface area contributed by atoms with Gasteiger partial charge in [0, 0.05) is 16.7 Å². The van der Waals surface area contributed by atoms with Crippen LogP contribution in [0.5, 0.6) is 0 Å². The minimum Gasteiger partial charge on any atom is -0.439 e. The van der Waals surface area contributed by atoms with Gasteiger partial charge >= 0.3 is 0 Å². The van der Waals surface area contributed by atoms with E-state index in [4.69, 9.17) is 9.84 Å². The maximum atomic E-state index is 7.13. The van der Waals surface area contributed by atoms with Gasteiger partial charge in [0.1, 0.15) is 0 Å². The average Bonchev–Trinajstić information content (AvgIpc) is 3.51. The minimum atomic E-state index is -0.841. The van der Waals surface area contributed by atoms with Crippen molar-refractivity contribution in [2.45, 2.75) is 32.4 Å². The molecule has 3 heteroatoms. The number of anilines is 1. The van der Waals surface area contributed by atoms with Crippen LogP contribution in [-0.2, 0) is 4.74 Å². The lowest BCUT2D eigenvalue weighted by Gasteiger charge is -2.37. The van der Waals surface area contributed by atoms with Gasteiger partial charge in [-0.15, -0.1) is 5.10 Å². The van der Waals surface area contributed by atoms with E-state index in [1.54, 1.807) is 0 Å². The van der Waals surface area contributed by atoms with Gasteiger partial charge in [-0.05, 0) is 59.4 Å². The second-order valence-corrected chi connectivity index (χ2v) is 9.31. The Morgan fingerprint density at radius 3 is 1.41 bits per heavy atom. The molecule has 1 aliphatic heterocycles. The van der Waals surface area contributed by atoms with Crippen molar-refractivity contribution in [3.8, 4) is 0 Å². The second-order valence-electron chi connectivity index (χ2n) is 9.31. The zero-order valence-electron chi connectivity index (χ0n) is 21.3. The third-order valence-corrected chi connectivity index (χ3v) is 7.26. The molecule has 37 heavy (non-hydrogen) atoms. The van der Waals surface area contributed by atoms with Crippen molar-refractivity contribution >= 4 is 22.7 Å². The molecule has 0 unspecified atom stereocenters. The Hall–Kier alpha value is -4.37. The highest BCUT2D eigenvalue weighted by Gasteiger charge is 2.56. The number of allylic oxidation sites excluding steroid dienone is 2. The van der Waals surface area contributed by atoms with Crippen molar-refractivity contribution in [1.29, 1.82) is 0 Å². The Morgan fingerprint density at radius 1 is 0.568 bits per heavy atom. The summed E-state index contributed by atoms with van der Waals surface area (Å²) in [5.41, 5.74) is 8.49. The molecule has 0 saturated carbocycles. The molecule has 0 amide bonds. The van der Waals surface area contributed by atoms with Crippen molar-refractivity contribution in [1.82, 2.24) is 0 Å². The van der Waals surface area contributed by atoms with E-state index < -0.39 is 5.72 Å². The fraction of sp³-hybridized carbons (Fsp3) is 0.147. The summed E-state index contributed by atoms with van der Waals surface area (Å²) in [6, 6.07) is 42.1. The topological polar surface area (TPSA) is 24.8 Å². The first-order valence-corrected chi connectivity index (χ1v) is 13.0. The smallest absolute Gasteiger partial charge is 0.250 e. The first-order valence-electron chi connectivity index (χ1n) is 13.0. The molecule has 0 atom stereocenters. The van der Waals surface area contributed by atoms with Crippen LogP contribution in [0.15, 0.2) is 138 Å². The van der Waals surface area contributed by atoms with Gasteiger partial charge in [0.05, 0.1) is 5.69 Å². The van der Waals surface area contributed by atoms with E-state index in [1.807, 2.05) is 24.3 Å². The molecule has 0 aromatic heterocycles. The van der Waals surface area contributed by atoms with Crippen LogP contribution in [0.1, 0.15) is 43.4 Å². The van der Waals surface area contributed by atoms with E-state index in [0.717, 1.165) is 24.1 Å². The molecule has 1 heterocycles. The molecule has 0 N–H and O–H groups in total. The molecule has 182 valence electrons. The summed E-state index contributed by atoms with van der Waals surface area (Å²) in [5, 5.41) is 7.29. The highest BCUT2D eigenvalue weighted by Crippen LogP contribution is 2.57. The summed E-state index contributed by atoms with van der Waals surface area (Å²) in [6.07, 6.45) is 1.65. The van der Waals surface area contributed by atoms with Gasteiger partial charge in [0.2, 0.25) is 11.6 Å². The Balaban J connectivity index is 1.68. The van der Waals surface area contributed by atoms with Crippen LogP contribution < -0.4 is 5.01 Å². The van der Waals surface area contributed by atoms with Gasteiger partial charge in [-0.3, -0.25) is 0 Å². The van der Waals surface area contributed by atoms with E-state index in [-0.39, 0.29) is 0 Å². The summed E-state index contributed by atoms with van der Waals surface area (Å²) in [6.45, 7) is 4.46. The van der Waals surface area contributed by atoms with E-state index in [2.05, 4.69) is 116 Å². The van der Waals surface area contributed by atoms with E-state index in [1.165, 1.54) is 33.4 Å². The fourth-order valence-electron chi connectivity index (χ4n) is 5.75. The Morgan fingerprint density at radius 2 is 0.973 bits per heavy atom. The number of para-hydroxylation sites is 1. The zero-order valence-corrected chi connectivity index (χ0v) is 21.3. The van der Waals surface area contributed by atoms with Crippen LogP contribution in [0.2, 0.25) is 0 Å². The molecular weight excluding hydrogens is 452 g/mol. The first-order chi connectivity index (χ1) is 18.3. The molecule has 2 aliphatic rings. The average molecular weight is 483 g/mol. The lowest BCUT2D eigenvalue weighted by molar-refractivity contribution is 0.153. The molecule has 0 fully saturated rings. The summed E-state index contributed by atoms with van der Waals surface area (Å²) >= 11 is 0. The van der Waals surface area contributed by atoms with Gasteiger partial charge in [0.15, 0.2) is 0 Å². The number of benzene rings is 4. The molecule has 0 saturated heterocycles. The Bertz CT molecular complexity index is 1420. The summed E-state index contributed by atoms with van der Waals surface area (Å²) in [4.78, 5) is 0. The third-order valence-electron chi connectivity index (χ3n) is 7.26. The number of nitrogens with zero attached hydrogens (tertiary/aromatic N) is 2. The molecular formula is C34H30N2O. The van der Waals surface area contributed by atoms with Crippen LogP contribution in [0.3, 0.4) is 0 Å². The van der Waals surface area contributed by atoms with Crippen LogP contribution >= 0.6 is 0 Å². The lowest BCUT2D eigenvalue weighted by atomic mass is 9.91. The highest BCUT2D eigenvalue weighted by molar-refractivity contribution is 6.13. The number of rotatable bonds is 6. The van der Waals surface area contributed by atoms with Crippen LogP contribution in [0.4, 0.5) is 5.69 Å². The SMILES string of the molecule is CCC1=C(c2ccccc2)C(c2ccccc2)=C(CC)C12OC(c1ccccc1)=NN2c1ccccc1. The molecule has 4 aromatic carbocycles. The van der Waals surface area contributed by atoms with E-state index >= 15 is 0 Å². The number of hydrogen-bond acceptors (Lipinski definition) is 3. The fourth-order valence-corrected chi connectivity index (χ4v) is 5.75. The third kappa shape index (κ3) is 3.70. The predicted octanol–water partition coefficient (Wildman–Crippen LogP) is 8.32. The van der Waals surface area contributed by atoms with Gasteiger partial charge < -0.3 is 4.74 Å². The van der Waals surface area contributed by atoms with Crippen LogP contribution in [0.25, 0.3) is 11.1 Å². The molecule has 1 aliphatic carbocycles. The van der Waals surface area contributed by atoms with Crippen molar-refractivity contribution < 1.29 is 4.74 Å². The highest BCUT2D eigenvalue weighted by atomic mass is 16.6. The maximum Gasteiger partial charge on any atom is 0.250 e. The largest absolute Gasteiger partial charge is 0.439 e. The van der Waals surface area contributed by atoms with Gasteiger partial charge in [-0.2, -0.15) is 0 Å². The molecule has 6 rings (SSSR count). The number of hydrogen-bond donors (Lipinski definition) is 0. The first kappa shape index (κ1) is 23.1.